The Balaban J connectivity index is 2.19. The summed E-state index contributed by atoms with van der Waals surface area (Å²) in [6.45, 7) is 0. The first kappa shape index (κ1) is 14.5. The molecule has 0 aromatic heterocycles. The fraction of sp³-hybridized carbons (Fsp3) is 0.133. The maximum atomic E-state index is 13.5. The van der Waals surface area contributed by atoms with Gasteiger partial charge in [-0.1, -0.05) is 34.1 Å². The van der Waals surface area contributed by atoms with Crippen molar-refractivity contribution >= 4 is 33.2 Å². The number of benzene rings is 2. The number of carbonyl (C=O) groups is 1. The number of amides is 1. The molecule has 2 aromatic rings. The molecule has 2 N–H and O–H groups in total. The smallest absolute Gasteiger partial charge is 0.231 e. The van der Waals surface area contributed by atoms with E-state index in [4.69, 9.17) is 5.73 Å². The number of likely N-dealkylation sites (N-methyl/N-ethyl adjacent to an activating group) is 1. The molecule has 0 radical (unpaired) electrons. The first-order valence-corrected chi connectivity index (χ1v) is 6.83. The van der Waals surface area contributed by atoms with Crippen LogP contribution in [0.4, 0.5) is 15.8 Å². The van der Waals surface area contributed by atoms with E-state index in [0.717, 1.165) is 4.47 Å². The number of hydrogen-bond donors (Lipinski definition) is 1. The summed E-state index contributed by atoms with van der Waals surface area (Å²) in [5.74, 6) is -0.595. The largest absolute Gasteiger partial charge is 0.397 e. The van der Waals surface area contributed by atoms with Gasteiger partial charge < -0.3 is 10.6 Å². The minimum absolute atomic E-state index is 0.00131. The summed E-state index contributed by atoms with van der Waals surface area (Å²) in [6.07, 6.45) is -0.00131. The minimum Gasteiger partial charge on any atom is -0.397 e. The van der Waals surface area contributed by atoms with E-state index in [1.165, 1.54) is 11.0 Å². The van der Waals surface area contributed by atoms with Crippen molar-refractivity contribution in [2.75, 3.05) is 17.7 Å². The van der Waals surface area contributed by atoms with Gasteiger partial charge in [-0.25, -0.2) is 4.39 Å². The Morgan fingerprint density at radius 1 is 1.30 bits per heavy atom. The molecule has 104 valence electrons. The number of nitrogen functional groups attached to an aromatic ring is 1. The highest BCUT2D eigenvalue weighted by Gasteiger charge is 2.15. The SMILES string of the molecule is CN(C(=O)Cc1ccccc1F)c1ccc(Br)cc1N. The lowest BCUT2D eigenvalue weighted by atomic mass is 10.1. The minimum atomic E-state index is -0.377. The molecule has 5 heteroatoms. The second-order valence-corrected chi connectivity index (χ2v) is 5.34. The van der Waals surface area contributed by atoms with Crippen molar-refractivity contribution in [3.8, 4) is 0 Å². The fourth-order valence-electron chi connectivity index (χ4n) is 1.89. The molecule has 2 aromatic carbocycles. The van der Waals surface area contributed by atoms with Gasteiger partial charge in [-0.15, -0.1) is 0 Å². The molecule has 0 aliphatic carbocycles. The molecule has 0 aliphatic rings. The van der Waals surface area contributed by atoms with E-state index in [2.05, 4.69) is 15.9 Å². The highest BCUT2D eigenvalue weighted by atomic mass is 79.9. The molecule has 2 rings (SSSR count). The van der Waals surface area contributed by atoms with Crippen LogP contribution in [0.15, 0.2) is 46.9 Å². The summed E-state index contributed by atoms with van der Waals surface area (Å²) >= 11 is 3.31. The second kappa shape index (κ2) is 6.05. The third kappa shape index (κ3) is 3.17. The summed E-state index contributed by atoms with van der Waals surface area (Å²) in [7, 11) is 1.63. The molecule has 0 aliphatic heterocycles. The summed E-state index contributed by atoms with van der Waals surface area (Å²) in [5.41, 5.74) is 7.36. The van der Waals surface area contributed by atoms with Gasteiger partial charge in [0, 0.05) is 11.5 Å². The Bertz CT molecular complexity index is 646. The van der Waals surface area contributed by atoms with Gasteiger partial charge in [0.25, 0.3) is 0 Å². The van der Waals surface area contributed by atoms with Crippen LogP contribution >= 0.6 is 15.9 Å². The fourth-order valence-corrected chi connectivity index (χ4v) is 2.27. The van der Waals surface area contributed by atoms with Gasteiger partial charge in [0.1, 0.15) is 5.82 Å². The molecule has 0 saturated heterocycles. The molecule has 0 fully saturated rings. The molecule has 20 heavy (non-hydrogen) atoms. The van der Waals surface area contributed by atoms with Crippen molar-refractivity contribution < 1.29 is 9.18 Å². The first-order valence-electron chi connectivity index (χ1n) is 6.04. The molecular weight excluding hydrogens is 323 g/mol. The molecule has 0 saturated carbocycles. The van der Waals surface area contributed by atoms with Crippen LogP contribution in [0.2, 0.25) is 0 Å². The molecule has 0 atom stereocenters. The van der Waals surface area contributed by atoms with Gasteiger partial charge in [-0.05, 0) is 29.8 Å². The average Bonchev–Trinajstić information content (AvgIpc) is 2.40. The van der Waals surface area contributed by atoms with E-state index in [0.29, 0.717) is 16.9 Å². The lowest BCUT2D eigenvalue weighted by Gasteiger charge is -2.19. The van der Waals surface area contributed by atoms with Crippen molar-refractivity contribution in [2.45, 2.75) is 6.42 Å². The molecule has 0 unspecified atom stereocenters. The maximum Gasteiger partial charge on any atom is 0.231 e. The van der Waals surface area contributed by atoms with Gasteiger partial charge in [0.2, 0.25) is 5.91 Å². The highest BCUT2D eigenvalue weighted by molar-refractivity contribution is 9.10. The van der Waals surface area contributed by atoms with Gasteiger partial charge in [-0.2, -0.15) is 0 Å². The Labute approximate surface area is 125 Å². The summed E-state index contributed by atoms with van der Waals surface area (Å²) in [4.78, 5) is 13.6. The van der Waals surface area contributed by atoms with Gasteiger partial charge in [-0.3, -0.25) is 4.79 Å². The van der Waals surface area contributed by atoms with Gasteiger partial charge in [0.05, 0.1) is 17.8 Å². The van der Waals surface area contributed by atoms with E-state index in [-0.39, 0.29) is 18.1 Å². The maximum absolute atomic E-state index is 13.5. The second-order valence-electron chi connectivity index (χ2n) is 4.42. The average molecular weight is 337 g/mol. The van der Waals surface area contributed by atoms with Crippen LogP contribution in [-0.4, -0.2) is 13.0 Å². The Kier molecular flexibility index (Phi) is 4.39. The number of hydrogen-bond acceptors (Lipinski definition) is 2. The van der Waals surface area contributed by atoms with E-state index in [1.54, 1.807) is 43.4 Å². The number of nitrogens with two attached hydrogens (primary N) is 1. The van der Waals surface area contributed by atoms with Crippen LogP contribution in [0, 0.1) is 5.82 Å². The van der Waals surface area contributed by atoms with Crippen molar-refractivity contribution in [1.82, 2.24) is 0 Å². The number of carbonyl (C=O) groups excluding carboxylic acids is 1. The number of rotatable bonds is 3. The van der Waals surface area contributed by atoms with Crippen LogP contribution in [-0.2, 0) is 11.2 Å². The Hall–Kier alpha value is -1.88. The van der Waals surface area contributed by atoms with Crippen LogP contribution in [0.1, 0.15) is 5.56 Å². The van der Waals surface area contributed by atoms with Crippen LogP contribution in [0.25, 0.3) is 0 Å². The molecule has 0 spiro atoms. The zero-order valence-electron chi connectivity index (χ0n) is 10.9. The molecule has 0 heterocycles. The van der Waals surface area contributed by atoms with Crippen molar-refractivity contribution in [2.24, 2.45) is 0 Å². The summed E-state index contributed by atoms with van der Waals surface area (Å²) < 4.78 is 14.4. The van der Waals surface area contributed by atoms with Crippen molar-refractivity contribution in [3.05, 3.63) is 58.3 Å². The predicted molar refractivity (Wildman–Crippen MR) is 82.1 cm³/mol. The van der Waals surface area contributed by atoms with E-state index in [9.17, 15) is 9.18 Å². The van der Waals surface area contributed by atoms with Crippen LogP contribution in [0.3, 0.4) is 0 Å². The lowest BCUT2D eigenvalue weighted by Crippen LogP contribution is -2.28. The third-order valence-corrected chi connectivity index (χ3v) is 3.52. The normalized spacial score (nSPS) is 10.3. The Morgan fingerprint density at radius 2 is 2.00 bits per heavy atom. The summed E-state index contributed by atoms with van der Waals surface area (Å²) in [5, 5.41) is 0. The van der Waals surface area contributed by atoms with E-state index < -0.39 is 0 Å². The van der Waals surface area contributed by atoms with Crippen LogP contribution < -0.4 is 10.6 Å². The van der Waals surface area contributed by atoms with Crippen LogP contribution in [0.5, 0.6) is 0 Å². The zero-order valence-corrected chi connectivity index (χ0v) is 12.5. The molecule has 1 amide bonds. The molecule has 0 bridgehead atoms. The molecule has 3 nitrogen and oxygen atoms in total. The monoisotopic (exact) mass is 336 g/mol. The zero-order chi connectivity index (χ0) is 14.7. The number of anilines is 2. The van der Waals surface area contributed by atoms with E-state index in [1.807, 2.05) is 0 Å². The standard InChI is InChI=1S/C15H14BrFN2O/c1-19(14-7-6-11(16)9-13(14)18)15(20)8-10-4-2-3-5-12(10)17/h2-7,9H,8,18H2,1H3. The van der Waals surface area contributed by atoms with Gasteiger partial charge in [0.15, 0.2) is 0 Å². The quantitative estimate of drug-likeness (QED) is 0.873. The first-order chi connectivity index (χ1) is 9.49. The van der Waals surface area contributed by atoms with Crippen molar-refractivity contribution in [3.63, 3.8) is 0 Å². The van der Waals surface area contributed by atoms with Gasteiger partial charge >= 0.3 is 0 Å². The van der Waals surface area contributed by atoms with Crippen molar-refractivity contribution in [1.29, 1.82) is 0 Å². The number of halogens is 2. The number of nitrogens with zero attached hydrogens (tertiary/aromatic N) is 1. The molecular formula is C15H14BrFN2O. The lowest BCUT2D eigenvalue weighted by molar-refractivity contribution is -0.117. The Morgan fingerprint density at radius 3 is 2.65 bits per heavy atom. The van der Waals surface area contributed by atoms with E-state index >= 15 is 0 Å². The topological polar surface area (TPSA) is 46.3 Å². The summed E-state index contributed by atoms with van der Waals surface area (Å²) in [6, 6.07) is 11.5. The third-order valence-electron chi connectivity index (χ3n) is 3.02. The predicted octanol–water partition coefficient (Wildman–Crippen LogP) is 3.38. The highest BCUT2D eigenvalue weighted by Crippen LogP contribution is 2.26.